The third-order valence-electron chi connectivity index (χ3n) is 3.85. The lowest BCUT2D eigenvalue weighted by atomic mass is 10.2. The van der Waals surface area contributed by atoms with Crippen LogP contribution >= 0.6 is 11.3 Å². The van der Waals surface area contributed by atoms with Gasteiger partial charge in [0, 0.05) is 11.6 Å². The maximum Gasteiger partial charge on any atom is 0.264 e. The van der Waals surface area contributed by atoms with Gasteiger partial charge in [-0.15, -0.1) is 11.3 Å². The van der Waals surface area contributed by atoms with E-state index >= 15 is 0 Å². The highest BCUT2D eigenvalue weighted by Gasteiger charge is 2.19. The van der Waals surface area contributed by atoms with Gasteiger partial charge in [0.05, 0.1) is 26.4 Å². The van der Waals surface area contributed by atoms with Gasteiger partial charge in [-0.05, 0) is 49.7 Å². The van der Waals surface area contributed by atoms with Crippen LogP contribution in [0.5, 0.6) is 0 Å². The number of para-hydroxylation sites is 1. The van der Waals surface area contributed by atoms with Gasteiger partial charge in [0.15, 0.2) is 0 Å². The molecular formula is C18H15N3O2S2. The number of nitrogens with zero attached hydrogens (tertiary/aromatic N) is 2. The number of thiazole rings is 1. The number of hydrogen-bond donors (Lipinski definition) is 1. The summed E-state index contributed by atoms with van der Waals surface area (Å²) in [5, 5.41) is 1.75. The molecule has 0 spiro atoms. The van der Waals surface area contributed by atoms with Crippen LogP contribution in [-0.2, 0) is 10.0 Å². The van der Waals surface area contributed by atoms with E-state index < -0.39 is 10.0 Å². The Morgan fingerprint density at radius 2 is 1.92 bits per heavy atom. The maximum absolute atomic E-state index is 12.9. The summed E-state index contributed by atoms with van der Waals surface area (Å²) in [4.78, 5) is 8.88. The molecule has 2 heterocycles. The highest BCUT2D eigenvalue weighted by Crippen LogP contribution is 2.28. The molecule has 1 N–H and O–H groups in total. The molecule has 0 aliphatic carbocycles. The number of pyridine rings is 1. The fourth-order valence-electron chi connectivity index (χ4n) is 2.77. The Morgan fingerprint density at radius 1 is 1.08 bits per heavy atom. The van der Waals surface area contributed by atoms with Crippen molar-refractivity contribution >= 4 is 48.2 Å². The number of aryl methyl sites for hydroxylation is 2. The fraction of sp³-hybridized carbons (Fsp3) is 0.111. The van der Waals surface area contributed by atoms with Crippen LogP contribution in [-0.4, -0.2) is 18.4 Å². The second-order valence-corrected chi connectivity index (χ2v) is 8.75. The smallest absolute Gasteiger partial charge is 0.264 e. The van der Waals surface area contributed by atoms with Gasteiger partial charge in [0.25, 0.3) is 10.0 Å². The lowest BCUT2D eigenvalue weighted by molar-refractivity contribution is 0.602. The molecule has 2 aromatic carbocycles. The normalized spacial score (nSPS) is 11.9. The van der Waals surface area contributed by atoms with Crippen LogP contribution in [0.2, 0.25) is 0 Å². The molecule has 7 heteroatoms. The van der Waals surface area contributed by atoms with Gasteiger partial charge in [0.1, 0.15) is 4.90 Å². The van der Waals surface area contributed by atoms with Crippen LogP contribution in [0.3, 0.4) is 0 Å². The van der Waals surface area contributed by atoms with Gasteiger partial charge in [0.2, 0.25) is 0 Å². The Labute approximate surface area is 149 Å². The van der Waals surface area contributed by atoms with E-state index in [1.54, 1.807) is 30.5 Å². The van der Waals surface area contributed by atoms with Crippen molar-refractivity contribution in [1.82, 2.24) is 9.97 Å². The first-order chi connectivity index (χ1) is 11.9. The molecule has 0 atom stereocenters. The van der Waals surface area contributed by atoms with Crippen LogP contribution in [0.4, 0.5) is 5.69 Å². The first kappa shape index (κ1) is 16.0. The lowest BCUT2D eigenvalue weighted by Gasteiger charge is -2.10. The number of benzene rings is 2. The molecule has 0 bridgehead atoms. The molecule has 0 fully saturated rings. The van der Waals surface area contributed by atoms with E-state index in [2.05, 4.69) is 14.7 Å². The molecule has 5 nitrogen and oxygen atoms in total. The predicted octanol–water partition coefficient (Wildman–Crippen LogP) is 4.26. The highest BCUT2D eigenvalue weighted by atomic mass is 32.2. The lowest BCUT2D eigenvalue weighted by Crippen LogP contribution is -2.13. The predicted molar refractivity (Wildman–Crippen MR) is 102 cm³/mol. The molecule has 4 aromatic rings. The molecule has 0 saturated carbocycles. The quantitative estimate of drug-likeness (QED) is 0.586. The molecule has 0 aliphatic rings. The van der Waals surface area contributed by atoms with Gasteiger partial charge in [-0.3, -0.25) is 9.71 Å². The van der Waals surface area contributed by atoms with Crippen molar-refractivity contribution in [1.29, 1.82) is 0 Å². The Kier molecular flexibility index (Phi) is 3.70. The first-order valence-electron chi connectivity index (χ1n) is 7.68. The van der Waals surface area contributed by atoms with Crippen LogP contribution in [0.1, 0.15) is 10.6 Å². The second kappa shape index (κ2) is 5.79. The van der Waals surface area contributed by atoms with Crippen molar-refractivity contribution in [2.45, 2.75) is 18.7 Å². The summed E-state index contributed by atoms with van der Waals surface area (Å²) in [7, 11) is -3.74. The van der Waals surface area contributed by atoms with E-state index in [0.717, 1.165) is 26.2 Å². The minimum atomic E-state index is -3.74. The molecule has 0 saturated heterocycles. The van der Waals surface area contributed by atoms with Crippen LogP contribution in [0.25, 0.3) is 21.1 Å². The molecule has 0 aliphatic heterocycles. The Hall–Kier alpha value is -2.51. The summed E-state index contributed by atoms with van der Waals surface area (Å²) in [5.41, 5.74) is 2.84. The molecular weight excluding hydrogens is 354 g/mol. The Bertz CT molecular complexity index is 1210. The van der Waals surface area contributed by atoms with E-state index in [0.29, 0.717) is 11.2 Å². The Morgan fingerprint density at radius 3 is 2.76 bits per heavy atom. The number of sulfonamides is 1. The van der Waals surface area contributed by atoms with Crippen LogP contribution in [0, 0.1) is 13.8 Å². The number of rotatable bonds is 3. The van der Waals surface area contributed by atoms with Gasteiger partial charge in [-0.2, -0.15) is 0 Å². The number of nitrogens with one attached hydrogen (secondary N) is 1. The van der Waals surface area contributed by atoms with Gasteiger partial charge < -0.3 is 0 Å². The summed E-state index contributed by atoms with van der Waals surface area (Å²) >= 11 is 1.53. The minimum Gasteiger partial charge on any atom is -0.280 e. The number of fused-ring (bicyclic) bond motifs is 2. The summed E-state index contributed by atoms with van der Waals surface area (Å²) in [6, 6.07) is 12.4. The zero-order valence-corrected chi connectivity index (χ0v) is 15.3. The van der Waals surface area contributed by atoms with Crippen molar-refractivity contribution in [3.8, 4) is 0 Å². The fourth-order valence-corrected chi connectivity index (χ4v) is 4.87. The van der Waals surface area contributed by atoms with Crippen molar-refractivity contribution in [2.24, 2.45) is 0 Å². The van der Waals surface area contributed by atoms with Crippen LogP contribution < -0.4 is 4.72 Å². The van der Waals surface area contributed by atoms with Crippen LogP contribution in [0.15, 0.2) is 53.6 Å². The van der Waals surface area contributed by atoms with Crippen molar-refractivity contribution in [3.05, 3.63) is 59.2 Å². The second-order valence-electron chi connectivity index (χ2n) is 5.86. The summed E-state index contributed by atoms with van der Waals surface area (Å²) < 4.78 is 29.4. The van der Waals surface area contributed by atoms with E-state index in [1.165, 1.54) is 11.3 Å². The number of hydrogen-bond acceptors (Lipinski definition) is 5. The van der Waals surface area contributed by atoms with E-state index in [-0.39, 0.29) is 4.90 Å². The van der Waals surface area contributed by atoms with E-state index in [1.807, 2.05) is 32.0 Å². The molecule has 0 unspecified atom stereocenters. The monoisotopic (exact) mass is 369 g/mol. The average molecular weight is 369 g/mol. The largest absolute Gasteiger partial charge is 0.280 e. The number of anilines is 1. The average Bonchev–Trinajstić information content (AvgIpc) is 2.93. The van der Waals surface area contributed by atoms with Crippen molar-refractivity contribution in [3.63, 3.8) is 0 Å². The zero-order valence-electron chi connectivity index (χ0n) is 13.6. The standard InChI is InChI=1S/C18H15N3O2S2/c1-11-8-13-4-3-5-17(18(13)19-10-11)25(22,23)21-14-6-7-15-16(9-14)24-12(2)20-15/h3-10,21H,1-2H3. The summed E-state index contributed by atoms with van der Waals surface area (Å²) in [6.45, 7) is 3.86. The third kappa shape index (κ3) is 2.96. The van der Waals surface area contributed by atoms with Gasteiger partial charge >= 0.3 is 0 Å². The van der Waals surface area contributed by atoms with Crippen molar-refractivity contribution in [2.75, 3.05) is 4.72 Å². The maximum atomic E-state index is 12.9. The van der Waals surface area contributed by atoms with Gasteiger partial charge in [-0.1, -0.05) is 12.1 Å². The molecule has 4 rings (SSSR count). The summed E-state index contributed by atoms with van der Waals surface area (Å²) in [5.74, 6) is 0. The Balaban J connectivity index is 1.78. The zero-order chi connectivity index (χ0) is 17.6. The molecule has 126 valence electrons. The topological polar surface area (TPSA) is 72.0 Å². The van der Waals surface area contributed by atoms with E-state index in [9.17, 15) is 8.42 Å². The van der Waals surface area contributed by atoms with Gasteiger partial charge in [-0.25, -0.2) is 13.4 Å². The minimum absolute atomic E-state index is 0.172. The summed E-state index contributed by atoms with van der Waals surface area (Å²) in [6.07, 6.45) is 1.67. The molecule has 2 aromatic heterocycles. The highest BCUT2D eigenvalue weighted by molar-refractivity contribution is 7.93. The van der Waals surface area contributed by atoms with Crippen molar-refractivity contribution < 1.29 is 8.42 Å². The third-order valence-corrected chi connectivity index (χ3v) is 6.19. The molecule has 25 heavy (non-hydrogen) atoms. The first-order valence-corrected chi connectivity index (χ1v) is 9.98. The van der Waals surface area contributed by atoms with E-state index in [4.69, 9.17) is 0 Å². The molecule has 0 amide bonds. The number of aromatic nitrogens is 2. The SMILES string of the molecule is Cc1cnc2c(S(=O)(=O)Nc3ccc4nc(C)sc4c3)cccc2c1. The molecule has 0 radical (unpaired) electrons.